The summed E-state index contributed by atoms with van der Waals surface area (Å²) in [5.41, 5.74) is 6.21. The first-order chi connectivity index (χ1) is 9.99. The van der Waals surface area contributed by atoms with E-state index in [2.05, 4.69) is 5.32 Å². The second-order valence-corrected chi connectivity index (χ2v) is 5.19. The molecule has 5 heteroatoms. The van der Waals surface area contributed by atoms with Gasteiger partial charge in [0, 0.05) is 24.9 Å². The molecular formula is C16H20N4O. The molecule has 2 aromatic rings. The molecule has 2 amide bonds. The number of urea groups is 1. The molecule has 21 heavy (non-hydrogen) atoms. The molecular weight excluding hydrogens is 264 g/mol. The van der Waals surface area contributed by atoms with Crippen LogP contribution in [0.1, 0.15) is 6.92 Å². The Hall–Kier alpha value is -2.56. The van der Waals surface area contributed by atoms with Crippen molar-refractivity contribution in [2.24, 2.45) is 11.7 Å². The van der Waals surface area contributed by atoms with Crippen LogP contribution < -0.4 is 11.1 Å². The van der Waals surface area contributed by atoms with E-state index in [1.54, 1.807) is 7.05 Å². The van der Waals surface area contributed by atoms with Gasteiger partial charge in [0.05, 0.1) is 11.5 Å². The second kappa shape index (κ2) is 6.26. The first-order valence-corrected chi connectivity index (χ1v) is 6.83. The fourth-order valence-electron chi connectivity index (χ4n) is 2.14. The van der Waals surface area contributed by atoms with Crippen LogP contribution in [0, 0.1) is 11.3 Å². The number of benzene rings is 2. The highest BCUT2D eigenvalue weighted by molar-refractivity contribution is 6.01. The smallest absolute Gasteiger partial charge is 0.321 e. The summed E-state index contributed by atoms with van der Waals surface area (Å²) in [4.78, 5) is 13.8. The molecule has 2 rings (SSSR count). The Morgan fingerprint density at radius 3 is 2.67 bits per heavy atom. The van der Waals surface area contributed by atoms with Crippen molar-refractivity contribution in [3.05, 3.63) is 42.5 Å². The molecule has 0 saturated carbocycles. The van der Waals surface area contributed by atoms with Crippen molar-refractivity contribution in [2.45, 2.75) is 6.92 Å². The number of amidine groups is 1. The van der Waals surface area contributed by atoms with Gasteiger partial charge in [0.15, 0.2) is 0 Å². The van der Waals surface area contributed by atoms with Gasteiger partial charge in [0.1, 0.15) is 0 Å². The van der Waals surface area contributed by atoms with Gasteiger partial charge < -0.3 is 16.0 Å². The molecule has 0 bridgehead atoms. The van der Waals surface area contributed by atoms with Gasteiger partial charge in [-0.15, -0.1) is 0 Å². The molecule has 2 aromatic carbocycles. The lowest BCUT2D eigenvalue weighted by atomic mass is 10.1. The summed E-state index contributed by atoms with van der Waals surface area (Å²) in [5.74, 6) is -0.0759. The predicted molar refractivity (Wildman–Crippen MR) is 86.7 cm³/mol. The van der Waals surface area contributed by atoms with E-state index in [1.807, 2.05) is 49.4 Å². The molecule has 0 fully saturated rings. The highest BCUT2D eigenvalue weighted by Gasteiger charge is 2.15. The number of nitrogens with zero attached hydrogens (tertiary/aromatic N) is 1. The lowest BCUT2D eigenvalue weighted by Crippen LogP contribution is -2.38. The number of nitrogens with two attached hydrogens (primary N) is 1. The van der Waals surface area contributed by atoms with Gasteiger partial charge >= 0.3 is 6.03 Å². The van der Waals surface area contributed by atoms with Crippen molar-refractivity contribution in [2.75, 3.05) is 18.9 Å². The number of hydrogen-bond acceptors (Lipinski definition) is 2. The first-order valence-electron chi connectivity index (χ1n) is 6.83. The summed E-state index contributed by atoms with van der Waals surface area (Å²) in [7, 11) is 1.69. The van der Waals surface area contributed by atoms with Crippen molar-refractivity contribution < 1.29 is 4.79 Å². The molecule has 0 aliphatic carbocycles. The number of amides is 2. The van der Waals surface area contributed by atoms with E-state index in [0.717, 1.165) is 16.5 Å². The van der Waals surface area contributed by atoms with Crippen LogP contribution >= 0.6 is 0 Å². The van der Waals surface area contributed by atoms with Crippen molar-refractivity contribution in [3.63, 3.8) is 0 Å². The minimum Gasteiger partial charge on any atom is -0.387 e. The average molecular weight is 284 g/mol. The van der Waals surface area contributed by atoms with Crippen molar-refractivity contribution in [3.8, 4) is 0 Å². The monoisotopic (exact) mass is 284 g/mol. The Balaban J connectivity index is 2.13. The van der Waals surface area contributed by atoms with Crippen molar-refractivity contribution in [1.29, 1.82) is 5.41 Å². The zero-order valence-electron chi connectivity index (χ0n) is 12.3. The summed E-state index contributed by atoms with van der Waals surface area (Å²) in [6.07, 6.45) is 0. The third kappa shape index (κ3) is 3.51. The Labute approximate surface area is 124 Å². The minimum atomic E-state index is -0.209. The van der Waals surface area contributed by atoms with Gasteiger partial charge in [0.25, 0.3) is 0 Å². The molecule has 1 atom stereocenters. The van der Waals surface area contributed by atoms with Gasteiger partial charge in [-0.25, -0.2) is 4.79 Å². The number of rotatable bonds is 4. The van der Waals surface area contributed by atoms with Crippen LogP contribution in [0.5, 0.6) is 0 Å². The third-order valence-electron chi connectivity index (χ3n) is 3.46. The molecule has 1 unspecified atom stereocenters. The van der Waals surface area contributed by atoms with E-state index in [4.69, 9.17) is 11.1 Å². The maximum absolute atomic E-state index is 12.2. The van der Waals surface area contributed by atoms with Crippen LogP contribution in [0.3, 0.4) is 0 Å². The predicted octanol–water partition coefficient (Wildman–Crippen LogP) is 2.88. The van der Waals surface area contributed by atoms with E-state index in [9.17, 15) is 4.79 Å². The molecule has 0 radical (unpaired) electrons. The molecule has 0 aliphatic rings. The van der Waals surface area contributed by atoms with Crippen LogP contribution in [0.15, 0.2) is 42.5 Å². The highest BCUT2D eigenvalue weighted by atomic mass is 16.2. The largest absolute Gasteiger partial charge is 0.387 e. The summed E-state index contributed by atoms with van der Waals surface area (Å²) in [5, 5.41) is 12.4. The fourth-order valence-corrected chi connectivity index (χ4v) is 2.14. The van der Waals surface area contributed by atoms with Gasteiger partial charge in [0.2, 0.25) is 0 Å². The molecule has 0 saturated heterocycles. The lowest BCUT2D eigenvalue weighted by Gasteiger charge is -2.21. The van der Waals surface area contributed by atoms with Crippen LogP contribution in [0.4, 0.5) is 10.5 Å². The zero-order chi connectivity index (χ0) is 15.4. The minimum absolute atomic E-state index is 0.0832. The number of nitrogens with one attached hydrogen (secondary N) is 2. The topological polar surface area (TPSA) is 82.2 Å². The summed E-state index contributed by atoms with van der Waals surface area (Å²) in [6.45, 7) is 2.23. The van der Waals surface area contributed by atoms with E-state index in [1.165, 1.54) is 4.90 Å². The molecule has 0 aliphatic heterocycles. The molecule has 5 nitrogen and oxygen atoms in total. The van der Waals surface area contributed by atoms with E-state index < -0.39 is 0 Å². The Bertz CT molecular complexity index is 663. The van der Waals surface area contributed by atoms with E-state index in [-0.39, 0.29) is 17.8 Å². The normalized spacial score (nSPS) is 11.9. The molecule has 0 aromatic heterocycles. The maximum atomic E-state index is 12.2. The maximum Gasteiger partial charge on any atom is 0.321 e. The molecule has 0 heterocycles. The number of carbonyl (C=O) groups excluding carboxylic acids is 1. The summed E-state index contributed by atoms with van der Waals surface area (Å²) in [6, 6.07) is 13.5. The SMILES string of the molecule is CC(CN(C)C(=O)Nc1cccc2ccccc12)C(=N)N. The Morgan fingerprint density at radius 1 is 1.29 bits per heavy atom. The standard InChI is InChI=1S/C16H20N4O/c1-11(15(17)18)10-20(2)16(21)19-14-9-5-7-12-6-3-4-8-13(12)14/h3-9,11H,10H2,1-2H3,(H3,17,18)(H,19,21). The van der Waals surface area contributed by atoms with Crippen molar-refractivity contribution >= 4 is 28.3 Å². The first kappa shape index (κ1) is 14.8. The summed E-state index contributed by atoms with van der Waals surface area (Å²) >= 11 is 0. The van der Waals surface area contributed by atoms with Gasteiger partial charge in [-0.05, 0) is 11.5 Å². The molecule has 4 N–H and O–H groups in total. The number of carbonyl (C=O) groups is 1. The zero-order valence-corrected chi connectivity index (χ0v) is 12.3. The third-order valence-corrected chi connectivity index (χ3v) is 3.46. The van der Waals surface area contributed by atoms with Crippen LogP contribution in [-0.4, -0.2) is 30.4 Å². The number of anilines is 1. The van der Waals surface area contributed by atoms with Crippen LogP contribution in [0.2, 0.25) is 0 Å². The van der Waals surface area contributed by atoms with Gasteiger partial charge in [-0.2, -0.15) is 0 Å². The lowest BCUT2D eigenvalue weighted by molar-refractivity contribution is 0.220. The molecule has 0 spiro atoms. The van der Waals surface area contributed by atoms with E-state index >= 15 is 0 Å². The quantitative estimate of drug-likeness (QED) is 0.596. The number of hydrogen-bond donors (Lipinski definition) is 3. The van der Waals surface area contributed by atoms with E-state index in [0.29, 0.717) is 6.54 Å². The van der Waals surface area contributed by atoms with Crippen LogP contribution in [0.25, 0.3) is 10.8 Å². The second-order valence-electron chi connectivity index (χ2n) is 5.19. The van der Waals surface area contributed by atoms with Crippen LogP contribution in [-0.2, 0) is 0 Å². The summed E-state index contributed by atoms with van der Waals surface area (Å²) < 4.78 is 0. The van der Waals surface area contributed by atoms with Gasteiger partial charge in [-0.3, -0.25) is 5.41 Å². The average Bonchev–Trinajstić information content (AvgIpc) is 2.47. The number of fused-ring (bicyclic) bond motifs is 1. The fraction of sp³-hybridized carbons (Fsp3) is 0.250. The molecule has 110 valence electrons. The Kier molecular flexibility index (Phi) is 4.42. The Morgan fingerprint density at radius 2 is 1.95 bits per heavy atom. The van der Waals surface area contributed by atoms with Gasteiger partial charge in [-0.1, -0.05) is 43.3 Å². The highest BCUT2D eigenvalue weighted by Crippen LogP contribution is 2.23. The van der Waals surface area contributed by atoms with Crippen molar-refractivity contribution in [1.82, 2.24) is 4.90 Å².